The van der Waals surface area contributed by atoms with E-state index in [0.717, 1.165) is 49.4 Å². The second-order valence-corrected chi connectivity index (χ2v) is 8.29. The van der Waals surface area contributed by atoms with Crippen LogP contribution in [-0.2, 0) is 16.0 Å². The Morgan fingerprint density at radius 3 is 2.39 bits per heavy atom. The summed E-state index contributed by atoms with van der Waals surface area (Å²) in [5.74, 6) is 0.968. The molecule has 1 fully saturated rings. The molecule has 0 atom stereocenters. The fourth-order valence-corrected chi connectivity index (χ4v) is 3.84. The van der Waals surface area contributed by atoms with Gasteiger partial charge in [-0.15, -0.1) is 0 Å². The fourth-order valence-electron chi connectivity index (χ4n) is 3.84. The van der Waals surface area contributed by atoms with Gasteiger partial charge in [0.05, 0.1) is 13.7 Å². The molecule has 31 heavy (non-hydrogen) atoms. The van der Waals surface area contributed by atoms with Crippen LogP contribution >= 0.6 is 0 Å². The number of aryl methyl sites for hydroxylation is 2. The average molecular weight is 424 g/mol. The maximum absolute atomic E-state index is 12.5. The van der Waals surface area contributed by atoms with Gasteiger partial charge >= 0.3 is 0 Å². The minimum absolute atomic E-state index is 0.00866. The van der Waals surface area contributed by atoms with Crippen molar-refractivity contribution in [2.45, 2.75) is 33.1 Å². The van der Waals surface area contributed by atoms with E-state index >= 15 is 0 Å². The second-order valence-electron chi connectivity index (χ2n) is 8.29. The van der Waals surface area contributed by atoms with E-state index in [1.807, 2.05) is 49.4 Å². The van der Waals surface area contributed by atoms with E-state index < -0.39 is 0 Å². The first kappa shape index (κ1) is 22.8. The van der Waals surface area contributed by atoms with Crippen molar-refractivity contribution < 1.29 is 14.3 Å². The zero-order valence-corrected chi connectivity index (χ0v) is 18.7. The SMILES string of the molecule is COc1ccc(CCNC(=O)C2CCN(CC(=O)Nc3ccc(C)c(C)c3)CC2)cc1. The number of likely N-dealkylation sites (tertiary alicyclic amines) is 1. The fraction of sp³-hybridized carbons (Fsp3) is 0.440. The Morgan fingerprint density at radius 1 is 1.03 bits per heavy atom. The molecule has 6 heteroatoms. The molecular formula is C25H33N3O3. The summed E-state index contributed by atoms with van der Waals surface area (Å²) in [4.78, 5) is 27.0. The van der Waals surface area contributed by atoms with Gasteiger partial charge in [-0.05, 0) is 87.2 Å². The molecule has 2 amide bonds. The maximum Gasteiger partial charge on any atom is 0.238 e. The number of piperidine rings is 1. The van der Waals surface area contributed by atoms with Crippen LogP contribution in [0.4, 0.5) is 5.69 Å². The van der Waals surface area contributed by atoms with Gasteiger partial charge in [0, 0.05) is 18.2 Å². The molecule has 0 saturated carbocycles. The maximum atomic E-state index is 12.5. The largest absolute Gasteiger partial charge is 0.497 e. The molecule has 0 aromatic heterocycles. The molecule has 1 aliphatic heterocycles. The molecule has 1 heterocycles. The molecule has 2 aromatic rings. The van der Waals surface area contributed by atoms with Crippen molar-refractivity contribution in [1.82, 2.24) is 10.2 Å². The highest BCUT2D eigenvalue weighted by molar-refractivity contribution is 5.92. The Balaban J connectivity index is 1.35. The summed E-state index contributed by atoms with van der Waals surface area (Å²) in [7, 11) is 1.65. The van der Waals surface area contributed by atoms with Crippen LogP contribution < -0.4 is 15.4 Å². The van der Waals surface area contributed by atoms with Crippen LogP contribution in [0, 0.1) is 19.8 Å². The first-order chi connectivity index (χ1) is 14.9. The molecule has 3 rings (SSSR count). The van der Waals surface area contributed by atoms with Crippen LogP contribution in [0.15, 0.2) is 42.5 Å². The number of methoxy groups -OCH3 is 1. The normalized spacial score (nSPS) is 14.8. The number of carbonyl (C=O) groups is 2. The van der Waals surface area contributed by atoms with Gasteiger partial charge in [0.25, 0.3) is 0 Å². The molecule has 6 nitrogen and oxygen atoms in total. The molecule has 0 bridgehead atoms. The number of hydrogen-bond donors (Lipinski definition) is 2. The zero-order valence-electron chi connectivity index (χ0n) is 18.7. The van der Waals surface area contributed by atoms with Crippen LogP contribution in [0.2, 0.25) is 0 Å². The number of nitrogens with zero attached hydrogens (tertiary/aromatic N) is 1. The minimum atomic E-state index is -0.00866. The Hall–Kier alpha value is -2.86. The van der Waals surface area contributed by atoms with E-state index in [1.165, 1.54) is 11.1 Å². The Kier molecular flexibility index (Phi) is 8.06. The molecule has 166 valence electrons. The molecule has 2 aromatic carbocycles. The highest BCUT2D eigenvalue weighted by atomic mass is 16.5. The molecule has 0 spiro atoms. The van der Waals surface area contributed by atoms with Crippen molar-refractivity contribution in [2.75, 3.05) is 38.6 Å². The molecule has 1 aliphatic rings. The van der Waals surface area contributed by atoms with Gasteiger partial charge in [-0.1, -0.05) is 18.2 Å². The summed E-state index contributed by atoms with van der Waals surface area (Å²) in [6.07, 6.45) is 2.36. The van der Waals surface area contributed by atoms with E-state index in [2.05, 4.69) is 22.5 Å². The van der Waals surface area contributed by atoms with E-state index in [4.69, 9.17) is 4.74 Å². The number of anilines is 1. The summed E-state index contributed by atoms with van der Waals surface area (Å²) in [5.41, 5.74) is 4.38. The average Bonchev–Trinajstić information content (AvgIpc) is 2.77. The summed E-state index contributed by atoms with van der Waals surface area (Å²) in [6.45, 7) is 6.61. The lowest BCUT2D eigenvalue weighted by Crippen LogP contribution is -2.43. The standard InChI is InChI=1S/C25H33N3O3/c1-18-4-7-22(16-19(18)2)27-24(29)17-28-14-11-21(12-15-28)25(30)26-13-10-20-5-8-23(31-3)9-6-20/h4-9,16,21H,10-15,17H2,1-3H3,(H,26,30)(H,27,29). The second kappa shape index (κ2) is 11.0. The summed E-state index contributed by atoms with van der Waals surface area (Å²) in [5, 5.41) is 6.03. The minimum Gasteiger partial charge on any atom is -0.497 e. The van der Waals surface area contributed by atoms with Crippen molar-refractivity contribution in [3.05, 3.63) is 59.2 Å². The lowest BCUT2D eigenvalue weighted by atomic mass is 9.96. The molecule has 2 N–H and O–H groups in total. The third-order valence-electron chi connectivity index (χ3n) is 5.99. The lowest BCUT2D eigenvalue weighted by Gasteiger charge is -2.30. The number of ether oxygens (including phenoxy) is 1. The third kappa shape index (κ3) is 6.82. The Morgan fingerprint density at radius 2 is 1.74 bits per heavy atom. The summed E-state index contributed by atoms with van der Waals surface area (Å²) >= 11 is 0. The molecule has 1 saturated heterocycles. The third-order valence-corrected chi connectivity index (χ3v) is 5.99. The van der Waals surface area contributed by atoms with Gasteiger partial charge in [-0.3, -0.25) is 14.5 Å². The highest BCUT2D eigenvalue weighted by Crippen LogP contribution is 2.18. The van der Waals surface area contributed by atoms with Crippen LogP contribution in [0.3, 0.4) is 0 Å². The summed E-state index contributed by atoms with van der Waals surface area (Å²) in [6, 6.07) is 13.9. The van der Waals surface area contributed by atoms with Gasteiger partial charge in [-0.25, -0.2) is 0 Å². The van der Waals surface area contributed by atoms with E-state index in [1.54, 1.807) is 7.11 Å². The Bertz CT molecular complexity index is 887. The van der Waals surface area contributed by atoms with Crippen molar-refractivity contribution in [3.8, 4) is 5.75 Å². The number of hydrogen-bond acceptors (Lipinski definition) is 4. The number of rotatable bonds is 8. The zero-order chi connectivity index (χ0) is 22.2. The number of nitrogens with one attached hydrogen (secondary N) is 2. The van der Waals surface area contributed by atoms with Crippen molar-refractivity contribution in [1.29, 1.82) is 0 Å². The smallest absolute Gasteiger partial charge is 0.238 e. The van der Waals surface area contributed by atoms with Crippen molar-refractivity contribution >= 4 is 17.5 Å². The van der Waals surface area contributed by atoms with Gasteiger partial charge < -0.3 is 15.4 Å². The highest BCUT2D eigenvalue weighted by Gasteiger charge is 2.25. The number of carbonyl (C=O) groups excluding carboxylic acids is 2. The van der Waals surface area contributed by atoms with E-state index in [9.17, 15) is 9.59 Å². The topological polar surface area (TPSA) is 70.7 Å². The molecule has 0 unspecified atom stereocenters. The van der Waals surface area contributed by atoms with Crippen molar-refractivity contribution in [2.24, 2.45) is 5.92 Å². The van der Waals surface area contributed by atoms with Gasteiger partial charge in [-0.2, -0.15) is 0 Å². The van der Waals surface area contributed by atoms with Gasteiger partial charge in [0.2, 0.25) is 11.8 Å². The monoisotopic (exact) mass is 423 g/mol. The first-order valence-electron chi connectivity index (χ1n) is 10.9. The first-order valence-corrected chi connectivity index (χ1v) is 10.9. The quantitative estimate of drug-likeness (QED) is 0.683. The van der Waals surface area contributed by atoms with Gasteiger partial charge in [0.15, 0.2) is 0 Å². The molecule has 0 aliphatic carbocycles. The van der Waals surface area contributed by atoms with Crippen LogP contribution in [-0.4, -0.2) is 50.0 Å². The van der Waals surface area contributed by atoms with Crippen LogP contribution in [0.25, 0.3) is 0 Å². The molecular weight excluding hydrogens is 390 g/mol. The summed E-state index contributed by atoms with van der Waals surface area (Å²) < 4.78 is 5.16. The number of amides is 2. The lowest BCUT2D eigenvalue weighted by molar-refractivity contribution is -0.126. The van der Waals surface area contributed by atoms with Crippen LogP contribution in [0.5, 0.6) is 5.75 Å². The molecule has 0 radical (unpaired) electrons. The van der Waals surface area contributed by atoms with Crippen molar-refractivity contribution in [3.63, 3.8) is 0 Å². The predicted octanol–water partition coefficient (Wildman–Crippen LogP) is 3.32. The van der Waals surface area contributed by atoms with E-state index in [-0.39, 0.29) is 17.7 Å². The Labute approximate surface area is 185 Å². The van der Waals surface area contributed by atoms with Crippen LogP contribution in [0.1, 0.15) is 29.5 Å². The number of benzene rings is 2. The van der Waals surface area contributed by atoms with E-state index in [0.29, 0.717) is 13.1 Å². The predicted molar refractivity (Wildman–Crippen MR) is 123 cm³/mol. The van der Waals surface area contributed by atoms with Gasteiger partial charge in [0.1, 0.15) is 5.75 Å².